The number of halogens is 1. The summed E-state index contributed by atoms with van der Waals surface area (Å²) in [5, 5.41) is 6.72. The Morgan fingerprint density at radius 2 is 1.93 bits per heavy atom. The van der Waals surface area contributed by atoms with E-state index < -0.39 is 11.7 Å². The van der Waals surface area contributed by atoms with Gasteiger partial charge in [-0.15, -0.1) is 0 Å². The molecule has 0 fully saturated rings. The zero-order valence-electron chi connectivity index (χ0n) is 15.0. The molecule has 2 heterocycles. The Balaban J connectivity index is 1.72. The van der Waals surface area contributed by atoms with E-state index in [0.29, 0.717) is 17.5 Å². The minimum absolute atomic E-state index is 0.171. The van der Waals surface area contributed by atoms with Gasteiger partial charge in [0, 0.05) is 29.7 Å². The third-order valence-corrected chi connectivity index (χ3v) is 4.51. The SMILES string of the molecule is Cc1cccc2c1c(C(=O)C(=O)Nc1ccon1)cn2Cc1ccc(F)cc1. The summed E-state index contributed by atoms with van der Waals surface area (Å²) >= 11 is 0. The van der Waals surface area contributed by atoms with E-state index in [4.69, 9.17) is 0 Å². The molecule has 140 valence electrons. The number of benzene rings is 2. The highest BCUT2D eigenvalue weighted by molar-refractivity contribution is 6.48. The van der Waals surface area contributed by atoms with Crippen LogP contribution in [0.1, 0.15) is 21.5 Å². The number of nitrogens with zero attached hydrogens (tertiary/aromatic N) is 2. The molecule has 0 unspecified atom stereocenters. The van der Waals surface area contributed by atoms with Crippen LogP contribution in [-0.4, -0.2) is 21.4 Å². The van der Waals surface area contributed by atoms with Gasteiger partial charge < -0.3 is 14.4 Å². The third-order valence-electron chi connectivity index (χ3n) is 4.51. The van der Waals surface area contributed by atoms with Gasteiger partial charge in [-0.3, -0.25) is 9.59 Å². The molecule has 0 bridgehead atoms. The van der Waals surface area contributed by atoms with Crippen molar-refractivity contribution in [1.29, 1.82) is 0 Å². The number of aromatic nitrogens is 2. The van der Waals surface area contributed by atoms with Gasteiger partial charge in [-0.2, -0.15) is 0 Å². The molecular formula is C21H16FN3O3. The molecule has 2 aromatic carbocycles. The Bertz CT molecular complexity index is 1160. The molecule has 1 amide bonds. The van der Waals surface area contributed by atoms with E-state index >= 15 is 0 Å². The van der Waals surface area contributed by atoms with Gasteiger partial charge in [-0.1, -0.05) is 29.4 Å². The van der Waals surface area contributed by atoms with E-state index in [-0.39, 0.29) is 11.6 Å². The summed E-state index contributed by atoms with van der Waals surface area (Å²) in [6.07, 6.45) is 2.96. The van der Waals surface area contributed by atoms with E-state index in [1.54, 1.807) is 18.3 Å². The summed E-state index contributed by atoms with van der Waals surface area (Å²) in [4.78, 5) is 25.2. The first-order valence-electron chi connectivity index (χ1n) is 8.62. The molecular weight excluding hydrogens is 361 g/mol. The van der Waals surface area contributed by atoms with Crippen molar-refractivity contribution in [1.82, 2.24) is 9.72 Å². The highest BCUT2D eigenvalue weighted by atomic mass is 19.1. The number of carbonyl (C=O) groups is 2. The van der Waals surface area contributed by atoms with Crippen molar-refractivity contribution in [2.45, 2.75) is 13.5 Å². The summed E-state index contributed by atoms with van der Waals surface area (Å²) < 4.78 is 19.7. The van der Waals surface area contributed by atoms with Crippen molar-refractivity contribution in [2.75, 3.05) is 5.32 Å². The lowest BCUT2D eigenvalue weighted by molar-refractivity contribution is -0.112. The van der Waals surface area contributed by atoms with Crippen LogP contribution in [0.15, 0.2) is 65.5 Å². The van der Waals surface area contributed by atoms with Crippen LogP contribution in [0.25, 0.3) is 10.9 Å². The first-order valence-corrected chi connectivity index (χ1v) is 8.62. The average Bonchev–Trinajstić information content (AvgIpc) is 3.32. The van der Waals surface area contributed by atoms with Gasteiger partial charge in [0.1, 0.15) is 12.1 Å². The number of nitrogens with one attached hydrogen (secondary N) is 1. The third kappa shape index (κ3) is 3.29. The van der Waals surface area contributed by atoms with Crippen LogP contribution in [0.5, 0.6) is 0 Å². The molecule has 0 saturated heterocycles. The molecule has 6 nitrogen and oxygen atoms in total. The van der Waals surface area contributed by atoms with Crippen molar-refractivity contribution in [3.05, 3.63) is 83.5 Å². The van der Waals surface area contributed by atoms with Crippen molar-refractivity contribution in [2.24, 2.45) is 0 Å². The van der Waals surface area contributed by atoms with E-state index in [1.807, 2.05) is 29.7 Å². The largest absolute Gasteiger partial charge is 0.363 e. The van der Waals surface area contributed by atoms with Gasteiger partial charge >= 0.3 is 0 Å². The molecule has 0 atom stereocenters. The Morgan fingerprint density at radius 3 is 2.64 bits per heavy atom. The number of fused-ring (bicyclic) bond motifs is 1. The number of ketones is 1. The highest BCUT2D eigenvalue weighted by Gasteiger charge is 2.23. The predicted octanol–water partition coefficient (Wildman–Crippen LogP) is 3.95. The number of anilines is 1. The molecule has 0 spiro atoms. The summed E-state index contributed by atoms with van der Waals surface area (Å²) in [7, 11) is 0. The lowest BCUT2D eigenvalue weighted by atomic mass is 10.0. The molecule has 0 aliphatic heterocycles. The molecule has 7 heteroatoms. The molecule has 2 aromatic heterocycles. The molecule has 28 heavy (non-hydrogen) atoms. The van der Waals surface area contributed by atoms with E-state index in [0.717, 1.165) is 16.6 Å². The van der Waals surface area contributed by atoms with Gasteiger partial charge in [0.25, 0.3) is 11.7 Å². The number of amides is 1. The monoisotopic (exact) mass is 377 g/mol. The molecule has 4 aromatic rings. The second-order valence-electron chi connectivity index (χ2n) is 6.43. The number of hydrogen-bond acceptors (Lipinski definition) is 4. The second kappa shape index (κ2) is 7.11. The number of carbonyl (C=O) groups excluding carboxylic acids is 2. The summed E-state index contributed by atoms with van der Waals surface area (Å²) in [5.74, 6) is -1.60. The van der Waals surface area contributed by atoms with Gasteiger partial charge in [0.05, 0.1) is 5.56 Å². The molecule has 4 rings (SSSR count). The van der Waals surface area contributed by atoms with Crippen molar-refractivity contribution in [3.8, 4) is 0 Å². The Morgan fingerprint density at radius 1 is 1.14 bits per heavy atom. The fraction of sp³-hybridized carbons (Fsp3) is 0.0952. The van der Waals surface area contributed by atoms with Gasteiger partial charge in [0.2, 0.25) is 0 Å². The molecule has 0 aliphatic rings. The fourth-order valence-corrected chi connectivity index (χ4v) is 3.19. The van der Waals surface area contributed by atoms with Crippen LogP contribution in [0, 0.1) is 12.7 Å². The second-order valence-corrected chi connectivity index (χ2v) is 6.43. The Hall–Kier alpha value is -3.74. The highest BCUT2D eigenvalue weighted by Crippen LogP contribution is 2.26. The molecule has 1 N–H and O–H groups in total. The van der Waals surface area contributed by atoms with Crippen LogP contribution in [0.4, 0.5) is 10.2 Å². The Kier molecular flexibility index (Phi) is 4.49. The fourth-order valence-electron chi connectivity index (χ4n) is 3.19. The maximum Gasteiger partial charge on any atom is 0.298 e. The van der Waals surface area contributed by atoms with Crippen molar-refractivity contribution in [3.63, 3.8) is 0 Å². The van der Waals surface area contributed by atoms with Crippen LogP contribution in [-0.2, 0) is 11.3 Å². The number of rotatable bonds is 5. The molecule has 0 radical (unpaired) electrons. The number of hydrogen-bond donors (Lipinski definition) is 1. The smallest absolute Gasteiger partial charge is 0.298 e. The maximum atomic E-state index is 13.2. The van der Waals surface area contributed by atoms with Gasteiger partial charge in [-0.25, -0.2) is 4.39 Å². The van der Waals surface area contributed by atoms with Crippen LogP contribution < -0.4 is 5.32 Å². The quantitative estimate of drug-likeness (QED) is 0.422. The van der Waals surface area contributed by atoms with Crippen LogP contribution in [0.3, 0.4) is 0 Å². The molecule has 0 aliphatic carbocycles. The Labute approximate surface area is 159 Å². The predicted molar refractivity (Wildman–Crippen MR) is 102 cm³/mol. The van der Waals surface area contributed by atoms with E-state index in [1.165, 1.54) is 24.5 Å². The van der Waals surface area contributed by atoms with Crippen LogP contribution >= 0.6 is 0 Å². The van der Waals surface area contributed by atoms with Crippen molar-refractivity contribution >= 4 is 28.4 Å². The summed E-state index contributed by atoms with van der Waals surface area (Å²) in [6.45, 7) is 2.33. The number of Topliss-reactive ketones (excluding diaryl/α,β-unsaturated/α-hetero) is 1. The van der Waals surface area contributed by atoms with Crippen LogP contribution in [0.2, 0.25) is 0 Å². The normalized spacial score (nSPS) is 10.9. The van der Waals surface area contributed by atoms with Crippen molar-refractivity contribution < 1.29 is 18.5 Å². The van der Waals surface area contributed by atoms with Gasteiger partial charge in [0.15, 0.2) is 5.82 Å². The van der Waals surface area contributed by atoms with Gasteiger partial charge in [-0.05, 0) is 36.2 Å². The first-order chi connectivity index (χ1) is 13.5. The lowest BCUT2D eigenvalue weighted by Gasteiger charge is -2.06. The minimum atomic E-state index is -0.794. The zero-order chi connectivity index (χ0) is 19.7. The maximum absolute atomic E-state index is 13.2. The first kappa shape index (κ1) is 17.7. The zero-order valence-corrected chi connectivity index (χ0v) is 15.0. The number of aryl methyl sites for hydroxylation is 1. The average molecular weight is 377 g/mol. The standard InChI is InChI=1S/C21H16FN3O3/c1-13-3-2-4-17-19(13)16(20(26)21(27)23-18-9-10-28-24-18)12-25(17)11-14-5-7-15(22)8-6-14/h2-10,12H,11H2,1H3,(H,23,24,27). The molecule has 0 saturated carbocycles. The lowest BCUT2D eigenvalue weighted by Crippen LogP contribution is -2.23. The minimum Gasteiger partial charge on any atom is -0.363 e. The van der Waals surface area contributed by atoms with E-state index in [2.05, 4.69) is 15.0 Å². The summed E-state index contributed by atoms with van der Waals surface area (Å²) in [6, 6.07) is 13.3. The van der Waals surface area contributed by atoms with E-state index in [9.17, 15) is 14.0 Å². The topological polar surface area (TPSA) is 77.1 Å². The summed E-state index contributed by atoms with van der Waals surface area (Å²) in [5.41, 5.74) is 2.89.